The van der Waals surface area contributed by atoms with E-state index in [1.165, 1.54) is 0 Å². The molecule has 0 bridgehead atoms. The van der Waals surface area contributed by atoms with Crippen molar-refractivity contribution in [3.8, 4) is 5.75 Å². The van der Waals surface area contributed by atoms with Crippen LogP contribution in [0.15, 0.2) is 24.3 Å². The Morgan fingerprint density at radius 3 is 2.92 bits per heavy atom. The summed E-state index contributed by atoms with van der Waals surface area (Å²) in [5.74, 6) is 0.338. The molecule has 1 aliphatic heterocycles. The molecule has 1 unspecified atom stereocenters. The van der Waals surface area contributed by atoms with Crippen molar-refractivity contribution in [1.82, 2.24) is 10.6 Å². The van der Waals surface area contributed by atoms with Gasteiger partial charge >= 0.3 is 0 Å². The van der Waals surface area contributed by atoms with Gasteiger partial charge < -0.3 is 15.7 Å². The Labute approximate surface area is 77.8 Å². The van der Waals surface area contributed by atoms with Crippen LogP contribution < -0.4 is 10.6 Å². The van der Waals surface area contributed by atoms with E-state index < -0.39 is 0 Å². The molecule has 3 heteroatoms. The summed E-state index contributed by atoms with van der Waals surface area (Å²) in [4.78, 5) is 0. The molecule has 0 spiro atoms. The summed E-state index contributed by atoms with van der Waals surface area (Å²) < 4.78 is 0. The van der Waals surface area contributed by atoms with E-state index in [0.29, 0.717) is 11.8 Å². The number of phenolic OH excluding ortho intramolecular Hbond substituents is 1. The summed E-state index contributed by atoms with van der Waals surface area (Å²) in [6, 6.07) is 7.75. The first-order valence-electron chi connectivity index (χ1n) is 4.59. The second-order valence-electron chi connectivity index (χ2n) is 3.31. The third-order valence-electron chi connectivity index (χ3n) is 2.31. The molecule has 1 fully saturated rings. The lowest BCUT2D eigenvalue weighted by molar-refractivity contribution is 0.426. The van der Waals surface area contributed by atoms with Crippen molar-refractivity contribution >= 4 is 0 Å². The molecule has 1 aromatic rings. The molecule has 1 heterocycles. The Bertz CT molecular complexity index is 282. The number of hydrogen-bond donors (Lipinski definition) is 3. The fourth-order valence-electron chi connectivity index (χ4n) is 1.63. The SMILES string of the molecule is Oc1cccc(C2CNCCN2)c1. The van der Waals surface area contributed by atoms with E-state index in [1.54, 1.807) is 6.07 Å². The molecule has 0 amide bonds. The smallest absolute Gasteiger partial charge is 0.115 e. The summed E-state index contributed by atoms with van der Waals surface area (Å²) in [7, 11) is 0. The molecule has 0 aromatic heterocycles. The molecule has 3 nitrogen and oxygen atoms in total. The normalized spacial score (nSPS) is 22.9. The molecular formula is C10H14N2O. The van der Waals surface area contributed by atoms with Gasteiger partial charge in [0.25, 0.3) is 0 Å². The van der Waals surface area contributed by atoms with Crippen molar-refractivity contribution in [1.29, 1.82) is 0 Å². The van der Waals surface area contributed by atoms with Crippen LogP contribution in [0.3, 0.4) is 0 Å². The molecular weight excluding hydrogens is 164 g/mol. The summed E-state index contributed by atoms with van der Waals surface area (Å²) in [5.41, 5.74) is 1.15. The zero-order valence-corrected chi connectivity index (χ0v) is 7.46. The van der Waals surface area contributed by atoms with Crippen molar-refractivity contribution in [3.05, 3.63) is 29.8 Å². The number of benzene rings is 1. The molecule has 0 aliphatic carbocycles. The fraction of sp³-hybridized carbons (Fsp3) is 0.400. The van der Waals surface area contributed by atoms with Crippen LogP contribution in [0.1, 0.15) is 11.6 Å². The maximum absolute atomic E-state index is 9.30. The van der Waals surface area contributed by atoms with Gasteiger partial charge in [0.2, 0.25) is 0 Å². The summed E-state index contributed by atoms with van der Waals surface area (Å²) in [6.07, 6.45) is 0. The van der Waals surface area contributed by atoms with E-state index in [-0.39, 0.29) is 0 Å². The first-order chi connectivity index (χ1) is 6.36. The molecule has 1 atom stereocenters. The number of nitrogens with one attached hydrogen (secondary N) is 2. The second-order valence-corrected chi connectivity index (χ2v) is 3.31. The number of hydrogen-bond acceptors (Lipinski definition) is 3. The third kappa shape index (κ3) is 1.99. The van der Waals surface area contributed by atoms with E-state index in [2.05, 4.69) is 10.6 Å². The van der Waals surface area contributed by atoms with Crippen LogP contribution in [0, 0.1) is 0 Å². The lowest BCUT2D eigenvalue weighted by Gasteiger charge is -2.24. The van der Waals surface area contributed by atoms with Crippen molar-refractivity contribution in [2.24, 2.45) is 0 Å². The minimum absolute atomic E-state index is 0.334. The average Bonchev–Trinajstić information content (AvgIpc) is 2.19. The monoisotopic (exact) mass is 178 g/mol. The van der Waals surface area contributed by atoms with Crippen LogP contribution in [0.4, 0.5) is 0 Å². The molecule has 0 radical (unpaired) electrons. The number of rotatable bonds is 1. The van der Waals surface area contributed by atoms with Gasteiger partial charge in [-0.2, -0.15) is 0 Å². The number of phenols is 1. The quantitative estimate of drug-likeness (QED) is 0.591. The summed E-state index contributed by atoms with van der Waals surface area (Å²) in [5, 5.41) is 16.0. The van der Waals surface area contributed by atoms with Crippen molar-refractivity contribution in [3.63, 3.8) is 0 Å². The van der Waals surface area contributed by atoms with E-state index in [4.69, 9.17) is 0 Å². The van der Waals surface area contributed by atoms with Crippen LogP contribution >= 0.6 is 0 Å². The first kappa shape index (κ1) is 8.53. The zero-order valence-electron chi connectivity index (χ0n) is 7.46. The Hall–Kier alpha value is -1.06. The molecule has 2 rings (SSSR count). The van der Waals surface area contributed by atoms with Gasteiger partial charge in [0.1, 0.15) is 5.75 Å². The van der Waals surface area contributed by atoms with Crippen LogP contribution in [0.25, 0.3) is 0 Å². The van der Waals surface area contributed by atoms with E-state index in [1.807, 2.05) is 18.2 Å². The van der Waals surface area contributed by atoms with E-state index in [9.17, 15) is 5.11 Å². The highest BCUT2D eigenvalue weighted by Gasteiger charge is 2.13. The van der Waals surface area contributed by atoms with Gasteiger partial charge in [-0.05, 0) is 17.7 Å². The molecule has 1 saturated heterocycles. The predicted molar refractivity (Wildman–Crippen MR) is 51.7 cm³/mol. The van der Waals surface area contributed by atoms with E-state index in [0.717, 1.165) is 25.2 Å². The van der Waals surface area contributed by atoms with Gasteiger partial charge in [-0.1, -0.05) is 12.1 Å². The molecule has 3 N–H and O–H groups in total. The van der Waals surface area contributed by atoms with Crippen molar-refractivity contribution < 1.29 is 5.11 Å². The standard InChI is InChI=1S/C10H14N2O/c13-9-3-1-2-8(6-9)10-7-11-4-5-12-10/h1-3,6,10-13H,4-5,7H2. The molecule has 1 aromatic carbocycles. The Kier molecular flexibility index (Phi) is 2.47. The van der Waals surface area contributed by atoms with Gasteiger partial charge in [0, 0.05) is 25.7 Å². The largest absolute Gasteiger partial charge is 0.508 e. The minimum atomic E-state index is 0.334. The topological polar surface area (TPSA) is 44.3 Å². The van der Waals surface area contributed by atoms with E-state index >= 15 is 0 Å². The predicted octanol–water partition coefficient (Wildman–Crippen LogP) is 0.626. The van der Waals surface area contributed by atoms with Gasteiger partial charge in [0.05, 0.1) is 0 Å². The molecule has 0 saturated carbocycles. The van der Waals surface area contributed by atoms with Crippen LogP contribution in [0.2, 0.25) is 0 Å². The lowest BCUT2D eigenvalue weighted by atomic mass is 10.1. The zero-order chi connectivity index (χ0) is 9.10. The summed E-state index contributed by atoms with van der Waals surface area (Å²) >= 11 is 0. The molecule has 13 heavy (non-hydrogen) atoms. The highest BCUT2D eigenvalue weighted by molar-refractivity contribution is 5.29. The third-order valence-corrected chi connectivity index (χ3v) is 2.31. The summed E-state index contributed by atoms with van der Waals surface area (Å²) in [6.45, 7) is 2.94. The Morgan fingerprint density at radius 1 is 1.31 bits per heavy atom. The highest BCUT2D eigenvalue weighted by atomic mass is 16.3. The van der Waals surface area contributed by atoms with Crippen molar-refractivity contribution in [2.45, 2.75) is 6.04 Å². The van der Waals surface area contributed by atoms with Gasteiger partial charge in [-0.3, -0.25) is 0 Å². The van der Waals surface area contributed by atoms with Crippen molar-refractivity contribution in [2.75, 3.05) is 19.6 Å². The van der Waals surface area contributed by atoms with Crippen LogP contribution in [-0.4, -0.2) is 24.7 Å². The average molecular weight is 178 g/mol. The number of aromatic hydroxyl groups is 1. The Balaban J connectivity index is 2.14. The second kappa shape index (κ2) is 3.77. The van der Waals surface area contributed by atoms with Crippen LogP contribution in [-0.2, 0) is 0 Å². The number of piperazine rings is 1. The van der Waals surface area contributed by atoms with Gasteiger partial charge in [0.15, 0.2) is 0 Å². The first-order valence-corrected chi connectivity index (χ1v) is 4.59. The lowest BCUT2D eigenvalue weighted by Crippen LogP contribution is -2.42. The maximum Gasteiger partial charge on any atom is 0.115 e. The maximum atomic E-state index is 9.30. The molecule has 70 valence electrons. The Morgan fingerprint density at radius 2 is 2.23 bits per heavy atom. The van der Waals surface area contributed by atoms with Crippen LogP contribution in [0.5, 0.6) is 5.75 Å². The molecule has 1 aliphatic rings. The highest BCUT2D eigenvalue weighted by Crippen LogP contribution is 2.18. The van der Waals surface area contributed by atoms with Gasteiger partial charge in [-0.25, -0.2) is 0 Å². The minimum Gasteiger partial charge on any atom is -0.508 e. The fourth-order valence-corrected chi connectivity index (χ4v) is 1.63. The van der Waals surface area contributed by atoms with Gasteiger partial charge in [-0.15, -0.1) is 0 Å².